The summed E-state index contributed by atoms with van der Waals surface area (Å²) in [5.74, 6) is -1.57. The van der Waals surface area contributed by atoms with Gasteiger partial charge in [0.05, 0.1) is 0 Å². The molecule has 0 bridgehead atoms. The first-order valence-electron chi connectivity index (χ1n) is 7.48. The van der Waals surface area contributed by atoms with Gasteiger partial charge in [-0.1, -0.05) is 48.0 Å². The Hall–Kier alpha value is -3.05. The minimum absolute atomic E-state index is 0.0922. The van der Waals surface area contributed by atoms with Gasteiger partial charge in [0.1, 0.15) is 11.3 Å². The van der Waals surface area contributed by atoms with Crippen LogP contribution in [-0.2, 0) is 9.53 Å². The van der Waals surface area contributed by atoms with Crippen LogP contribution < -0.4 is 5.32 Å². The number of amides is 1. The topological polar surface area (TPSA) is 75.6 Å². The van der Waals surface area contributed by atoms with Crippen LogP contribution in [-0.4, -0.2) is 23.6 Å². The first-order valence-corrected chi connectivity index (χ1v) is 7.85. The summed E-state index contributed by atoms with van der Waals surface area (Å²) in [5, 5.41) is 14.5. The van der Waals surface area contributed by atoms with Gasteiger partial charge in [0.15, 0.2) is 6.61 Å². The number of hydrogen-bond acceptors (Lipinski definition) is 4. The quantitative estimate of drug-likeness (QED) is 0.694. The van der Waals surface area contributed by atoms with Gasteiger partial charge in [-0.25, -0.2) is 4.79 Å². The minimum Gasteiger partial charge on any atom is -0.507 e. The Labute approximate surface area is 148 Å². The molecule has 0 aliphatic rings. The highest BCUT2D eigenvalue weighted by Crippen LogP contribution is 2.24. The smallest absolute Gasteiger partial charge is 0.342 e. The van der Waals surface area contributed by atoms with Crippen LogP contribution in [0.4, 0.5) is 5.69 Å². The average Bonchev–Trinajstić information content (AvgIpc) is 2.62. The molecule has 0 radical (unpaired) electrons. The number of rotatable bonds is 4. The second-order valence-corrected chi connectivity index (χ2v) is 5.75. The fourth-order valence-electron chi connectivity index (χ4n) is 2.40. The number of phenols is 1. The molecular formula is C19H14ClNO4. The number of aromatic hydroxyl groups is 1. The highest BCUT2D eigenvalue weighted by atomic mass is 35.5. The third-order valence-corrected chi connectivity index (χ3v) is 3.81. The van der Waals surface area contributed by atoms with Gasteiger partial charge in [-0.05, 0) is 29.7 Å². The number of hydrogen-bond donors (Lipinski definition) is 2. The zero-order chi connectivity index (χ0) is 17.8. The molecule has 0 aliphatic heterocycles. The molecule has 0 fully saturated rings. The molecule has 0 saturated heterocycles. The Morgan fingerprint density at radius 3 is 2.64 bits per heavy atom. The fraction of sp³-hybridized carbons (Fsp3) is 0.0526. The van der Waals surface area contributed by atoms with E-state index in [2.05, 4.69) is 5.32 Å². The number of carbonyl (C=O) groups excluding carboxylic acids is 2. The normalized spacial score (nSPS) is 10.4. The van der Waals surface area contributed by atoms with Crippen LogP contribution in [0.1, 0.15) is 10.4 Å². The Morgan fingerprint density at radius 2 is 1.80 bits per heavy atom. The molecule has 0 spiro atoms. The molecule has 0 unspecified atom stereocenters. The second-order valence-electron chi connectivity index (χ2n) is 5.31. The number of esters is 1. The van der Waals surface area contributed by atoms with E-state index in [0.29, 0.717) is 5.69 Å². The van der Waals surface area contributed by atoms with E-state index in [1.54, 1.807) is 6.07 Å². The molecule has 3 aromatic carbocycles. The Kier molecular flexibility index (Phi) is 4.86. The van der Waals surface area contributed by atoms with Crippen molar-refractivity contribution >= 4 is 39.9 Å². The van der Waals surface area contributed by atoms with Crippen LogP contribution in [0.2, 0.25) is 5.02 Å². The number of carbonyl (C=O) groups is 2. The summed E-state index contributed by atoms with van der Waals surface area (Å²) >= 11 is 5.79. The van der Waals surface area contributed by atoms with E-state index in [0.717, 1.165) is 10.8 Å². The van der Waals surface area contributed by atoms with Gasteiger partial charge in [-0.3, -0.25) is 4.79 Å². The molecule has 0 aromatic heterocycles. The van der Waals surface area contributed by atoms with Gasteiger partial charge in [0, 0.05) is 16.1 Å². The number of anilines is 1. The summed E-state index contributed by atoms with van der Waals surface area (Å²) < 4.78 is 4.94. The maximum atomic E-state index is 12.1. The summed E-state index contributed by atoms with van der Waals surface area (Å²) in [4.78, 5) is 24.0. The Bertz CT molecular complexity index is 950. The van der Waals surface area contributed by atoms with Crippen molar-refractivity contribution in [2.24, 2.45) is 0 Å². The maximum absolute atomic E-state index is 12.1. The third kappa shape index (κ3) is 3.89. The molecule has 0 aliphatic carbocycles. The molecular weight excluding hydrogens is 342 g/mol. The van der Waals surface area contributed by atoms with Crippen LogP contribution in [0.3, 0.4) is 0 Å². The number of benzene rings is 3. The maximum Gasteiger partial charge on any atom is 0.342 e. The second kappa shape index (κ2) is 7.23. The van der Waals surface area contributed by atoms with Gasteiger partial charge in [0.25, 0.3) is 5.91 Å². The highest BCUT2D eigenvalue weighted by molar-refractivity contribution is 6.31. The van der Waals surface area contributed by atoms with Crippen molar-refractivity contribution in [2.75, 3.05) is 11.9 Å². The zero-order valence-corrected chi connectivity index (χ0v) is 13.8. The minimum atomic E-state index is -0.826. The molecule has 126 valence electrons. The average molecular weight is 356 g/mol. The molecule has 1 amide bonds. The molecule has 5 nitrogen and oxygen atoms in total. The predicted molar refractivity (Wildman–Crippen MR) is 96.0 cm³/mol. The van der Waals surface area contributed by atoms with Crippen molar-refractivity contribution < 1.29 is 19.4 Å². The van der Waals surface area contributed by atoms with E-state index in [-0.39, 0.29) is 16.3 Å². The lowest BCUT2D eigenvalue weighted by atomic mass is 10.1. The summed E-state index contributed by atoms with van der Waals surface area (Å²) in [7, 11) is 0. The Morgan fingerprint density at radius 1 is 1.04 bits per heavy atom. The first kappa shape index (κ1) is 16.8. The van der Waals surface area contributed by atoms with Crippen LogP contribution in [0.15, 0.2) is 60.7 Å². The molecule has 3 rings (SSSR count). The van der Waals surface area contributed by atoms with Crippen molar-refractivity contribution in [3.8, 4) is 5.75 Å². The molecule has 0 saturated carbocycles. The molecule has 0 atom stereocenters. The summed E-state index contributed by atoms with van der Waals surface area (Å²) in [6, 6.07) is 17.2. The molecule has 25 heavy (non-hydrogen) atoms. The fourth-order valence-corrected chi connectivity index (χ4v) is 2.57. The van der Waals surface area contributed by atoms with Crippen molar-refractivity contribution in [3.05, 3.63) is 71.2 Å². The SMILES string of the molecule is O=C(COC(=O)c1cc(Cl)ccc1O)Nc1cccc2ccccc12. The number of phenolic OH excluding ortho intramolecular Hbond substituents is 1. The number of fused-ring (bicyclic) bond motifs is 1. The highest BCUT2D eigenvalue weighted by Gasteiger charge is 2.15. The lowest BCUT2D eigenvalue weighted by Gasteiger charge is -2.10. The van der Waals surface area contributed by atoms with E-state index in [1.807, 2.05) is 36.4 Å². The molecule has 0 heterocycles. The lowest BCUT2D eigenvalue weighted by Crippen LogP contribution is -2.21. The first-order chi connectivity index (χ1) is 12.0. The van der Waals surface area contributed by atoms with Gasteiger partial charge in [-0.2, -0.15) is 0 Å². The Balaban J connectivity index is 1.66. The van der Waals surface area contributed by atoms with Gasteiger partial charge in [-0.15, -0.1) is 0 Å². The van der Waals surface area contributed by atoms with Crippen LogP contribution in [0.5, 0.6) is 5.75 Å². The molecule has 6 heteroatoms. The summed E-state index contributed by atoms with van der Waals surface area (Å²) in [6.07, 6.45) is 0. The predicted octanol–water partition coefficient (Wildman–Crippen LogP) is 3.99. The van der Waals surface area contributed by atoms with Crippen LogP contribution in [0.25, 0.3) is 10.8 Å². The van der Waals surface area contributed by atoms with Crippen LogP contribution in [0, 0.1) is 0 Å². The third-order valence-electron chi connectivity index (χ3n) is 3.58. The largest absolute Gasteiger partial charge is 0.507 e. The molecule has 3 aromatic rings. The van der Waals surface area contributed by atoms with E-state index in [9.17, 15) is 14.7 Å². The number of nitrogens with one attached hydrogen (secondary N) is 1. The van der Waals surface area contributed by atoms with Gasteiger partial charge in [0.2, 0.25) is 0 Å². The van der Waals surface area contributed by atoms with Crippen molar-refractivity contribution in [1.29, 1.82) is 0 Å². The monoisotopic (exact) mass is 355 g/mol. The zero-order valence-electron chi connectivity index (χ0n) is 13.0. The van der Waals surface area contributed by atoms with Crippen molar-refractivity contribution in [1.82, 2.24) is 0 Å². The number of halogens is 1. The lowest BCUT2D eigenvalue weighted by molar-refractivity contribution is -0.119. The van der Waals surface area contributed by atoms with Crippen molar-refractivity contribution in [2.45, 2.75) is 0 Å². The van der Waals surface area contributed by atoms with E-state index >= 15 is 0 Å². The van der Waals surface area contributed by atoms with Gasteiger partial charge >= 0.3 is 5.97 Å². The number of ether oxygens (including phenoxy) is 1. The standard InChI is InChI=1S/C19H14ClNO4/c20-13-8-9-17(22)15(10-13)19(24)25-11-18(23)21-16-7-3-5-12-4-1-2-6-14(12)16/h1-10,22H,11H2,(H,21,23). The van der Waals surface area contributed by atoms with E-state index in [1.165, 1.54) is 18.2 Å². The van der Waals surface area contributed by atoms with E-state index in [4.69, 9.17) is 16.3 Å². The van der Waals surface area contributed by atoms with Crippen LogP contribution >= 0.6 is 11.6 Å². The van der Waals surface area contributed by atoms with E-state index < -0.39 is 18.5 Å². The van der Waals surface area contributed by atoms with Gasteiger partial charge < -0.3 is 15.2 Å². The molecule has 2 N–H and O–H groups in total. The summed E-state index contributed by atoms with van der Waals surface area (Å²) in [6.45, 7) is -0.478. The summed E-state index contributed by atoms with van der Waals surface area (Å²) in [5.41, 5.74) is 0.537. The van der Waals surface area contributed by atoms with Crippen molar-refractivity contribution in [3.63, 3.8) is 0 Å².